The summed E-state index contributed by atoms with van der Waals surface area (Å²) in [4.78, 5) is 4.53. The molecule has 1 heterocycles. The molecule has 174 valence electrons. The van der Waals surface area contributed by atoms with Crippen LogP contribution in [0.25, 0.3) is 0 Å². The van der Waals surface area contributed by atoms with Crippen LogP contribution in [-0.4, -0.2) is 53.9 Å². The minimum absolute atomic E-state index is 0.0271. The summed E-state index contributed by atoms with van der Waals surface area (Å²) in [5.41, 5.74) is 5.38. The van der Waals surface area contributed by atoms with E-state index in [0.29, 0.717) is 19.6 Å². The van der Waals surface area contributed by atoms with Crippen molar-refractivity contribution in [2.75, 3.05) is 26.0 Å². The monoisotopic (exact) mass is 503 g/mol. The van der Waals surface area contributed by atoms with Crippen molar-refractivity contribution >= 4 is 37.5 Å². The van der Waals surface area contributed by atoms with Crippen LogP contribution in [0.1, 0.15) is 6.42 Å². The van der Waals surface area contributed by atoms with Crippen LogP contribution in [0.2, 0.25) is 5.02 Å². The van der Waals surface area contributed by atoms with E-state index >= 15 is 0 Å². The maximum absolute atomic E-state index is 12.8. The summed E-state index contributed by atoms with van der Waals surface area (Å²) in [5, 5.41) is 8.82. The zero-order valence-electron chi connectivity index (χ0n) is 17.0. The lowest BCUT2D eigenvalue weighted by atomic mass is 10.1. The van der Waals surface area contributed by atoms with Gasteiger partial charge in [-0.25, -0.2) is 13.5 Å². The number of ether oxygens (including phenoxy) is 1. The smallest absolute Gasteiger partial charge is 0.340 e. The van der Waals surface area contributed by atoms with Crippen LogP contribution in [0.5, 0.6) is 11.5 Å². The lowest BCUT2D eigenvalue weighted by molar-refractivity contribution is -0.149. The summed E-state index contributed by atoms with van der Waals surface area (Å²) in [6.45, 7) is 1.01. The fourth-order valence-electron chi connectivity index (χ4n) is 2.98. The van der Waals surface area contributed by atoms with E-state index in [2.05, 4.69) is 0 Å². The number of hydrogen-bond donors (Lipinski definition) is 2. The summed E-state index contributed by atoms with van der Waals surface area (Å²) in [7, 11) is -8.26. The average Bonchev–Trinajstić information content (AvgIpc) is 2.71. The van der Waals surface area contributed by atoms with E-state index in [1.165, 1.54) is 41.5 Å². The highest BCUT2D eigenvalue weighted by Crippen LogP contribution is 2.30. The first-order valence-corrected chi connectivity index (χ1v) is 13.0. The molecule has 2 aromatic rings. The molecule has 1 atom stereocenters. The third kappa shape index (κ3) is 6.03. The summed E-state index contributed by atoms with van der Waals surface area (Å²) in [5.74, 6) is 0.00512. The molecule has 0 amide bonds. The van der Waals surface area contributed by atoms with E-state index in [4.69, 9.17) is 36.5 Å². The first kappa shape index (κ1) is 24.1. The Labute approximate surface area is 191 Å². The Morgan fingerprint density at radius 3 is 2.44 bits per heavy atom. The van der Waals surface area contributed by atoms with Gasteiger partial charge in [0, 0.05) is 35.9 Å². The van der Waals surface area contributed by atoms with E-state index in [1.807, 2.05) is 0 Å². The molecule has 1 saturated heterocycles. The van der Waals surface area contributed by atoms with Crippen molar-refractivity contribution < 1.29 is 30.6 Å². The Balaban J connectivity index is 1.73. The molecule has 13 heteroatoms. The highest BCUT2D eigenvalue weighted by molar-refractivity contribution is 7.92. The van der Waals surface area contributed by atoms with Gasteiger partial charge in [0.1, 0.15) is 16.4 Å². The average molecular weight is 504 g/mol. The summed E-state index contributed by atoms with van der Waals surface area (Å²) in [6.07, 6.45) is 1.59. The van der Waals surface area contributed by atoms with Gasteiger partial charge in [-0.2, -0.15) is 8.42 Å². The Morgan fingerprint density at radius 1 is 1.19 bits per heavy atom. The van der Waals surface area contributed by atoms with Gasteiger partial charge in [0.2, 0.25) is 5.96 Å². The second-order valence-electron chi connectivity index (χ2n) is 7.13. The predicted octanol–water partition coefficient (Wildman–Crippen LogP) is 2.04. The molecule has 10 nitrogen and oxygen atoms in total. The van der Waals surface area contributed by atoms with Gasteiger partial charge in [-0.05, 0) is 24.6 Å². The number of nitrogens with two attached hydrogens (primary N) is 1. The second kappa shape index (κ2) is 9.53. The van der Waals surface area contributed by atoms with Crippen LogP contribution in [-0.2, 0) is 24.8 Å². The predicted molar refractivity (Wildman–Crippen MR) is 117 cm³/mol. The normalized spacial score (nSPS) is 17.1. The van der Waals surface area contributed by atoms with Crippen LogP contribution in [0.3, 0.4) is 0 Å². The molecule has 0 spiro atoms. The molecule has 1 aliphatic heterocycles. The summed E-state index contributed by atoms with van der Waals surface area (Å²) >= 11 is 6.08. The lowest BCUT2D eigenvalue weighted by Gasteiger charge is -2.31. The Morgan fingerprint density at radius 2 is 1.84 bits per heavy atom. The number of benzene rings is 2. The number of nitrogens with zero attached hydrogens (tertiary/aromatic N) is 1. The number of halogens is 1. The number of rotatable bonds is 7. The molecule has 1 aliphatic rings. The fourth-order valence-corrected chi connectivity index (χ4v) is 5.72. The van der Waals surface area contributed by atoms with E-state index in [1.54, 1.807) is 0 Å². The molecule has 2 aromatic carbocycles. The van der Waals surface area contributed by atoms with Gasteiger partial charge in [0.05, 0.1) is 18.1 Å². The van der Waals surface area contributed by atoms with Crippen LogP contribution in [0, 0.1) is 11.3 Å². The molecule has 1 fully saturated rings. The first-order valence-electron chi connectivity index (χ1n) is 9.37. The van der Waals surface area contributed by atoms with Gasteiger partial charge < -0.3 is 14.7 Å². The summed E-state index contributed by atoms with van der Waals surface area (Å²) < 4.78 is 60.3. The molecule has 0 aromatic heterocycles. The van der Waals surface area contributed by atoms with Crippen LogP contribution >= 0.6 is 11.6 Å². The summed E-state index contributed by atoms with van der Waals surface area (Å²) in [6, 6.07) is 9.29. The van der Waals surface area contributed by atoms with E-state index in [0.717, 1.165) is 12.3 Å². The van der Waals surface area contributed by atoms with Gasteiger partial charge in [-0.1, -0.05) is 23.7 Å². The van der Waals surface area contributed by atoms with Gasteiger partial charge in [-0.3, -0.25) is 10.2 Å². The van der Waals surface area contributed by atoms with Crippen molar-refractivity contribution in [2.24, 2.45) is 11.7 Å². The topological polar surface area (TPSA) is 149 Å². The third-order valence-electron chi connectivity index (χ3n) is 4.53. The minimum atomic E-state index is -4.46. The molecule has 0 aliphatic carbocycles. The van der Waals surface area contributed by atoms with Gasteiger partial charge in [-0.15, -0.1) is 0 Å². The number of hydrogen-bond acceptors (Lipinski definition) is 8. The van der Waals surface area contributed by atoms with Crippen molar-refractivity contribution in [2.45, 2.75) is 16.2 Å². The quantitative estimate of drug-likeness (QED) is 0.328. The maximum Gasteiger partial charge on any atom is 0.340 e. The first-order chi connectivity index (χ1) is 15.0. The molecule has 3 N–H and O–H groups in total. The Bertz CT molecular complexity index is 1210. The third-order valence-corrected chi connectivity index (χ3v) is 7.34. The Kier molecular flexibility index (Phi) is 7.18. The van der Waals surface area contributed by atoms with E-state index in [-0.39, 0.29) is 39.9 Å². The molecule has 0 bridgehead atoms. The van der Waals surface area contributed by atoms with Crippen molar-refractivity contribution in [3.05, 3.63) is 47.5 Å². The zero-order chi connectivity index (χ0) is 23.5. The highest BCUT2D eigenvalue weighted by atomic mass is 35.5. The lowest BCUT2D eigenvalue weighted by Crippen LogP contribution is -2.43. The van der Waals surface area contributed by atoms with Crippen molar-refractivity contribution in [3.63, 3.8) is 0 Å². The molecular weight excluding hydrogens is 482 g/mol. The van der Waals surface area contributed by atoms with Crippen molar-refractivity contribution in [1.82, 2.24) is 5.06 Å². The SMILES string of the molecule is CS(=O)(=O)c1ccccc1S(=O)(=O)Oc1cc(Cl)cc(OCC2CCN(C(=N)N)OC2)c1. The Hall–Kier alpha value is -2.54. The van der Waals surface area contributed by atoms with Crippen molar-refractivity contribution in [1.29, 1.82) is 5.41 Å². The fraction of sp³-hybridized carbons (Fsp3) is 0.316. The molecule has 1 unspecified atom stereocenters. The number of hydroxylamine groups is 2. The van der Waals surface area contributed by atoms with Gasteiger partial charge >= 0.3 is 10.1 Å². The molecule has 0 saturated carbocycles. The standard InChI is InChI=1S/C19H22ClN3O7S2/c1-31(24,25)17-4-2-3-5-18(17)32(26,27)30-16-9-14(20)8-15(10-16)28-11-13-6-7-23(19(21)22)29-12-13/h2-5,8-10,13H,6-7,11-12H2,1H3,(H3,21,22). The highest BCUT2D eigenvalue weighted by Gasteiger charge is 2.26. The number of sulfone groups is 1. The molecule has 0 radical (unpaired) electrons. The van der Waals surface area contributed by atoms with E-state index in [9.17, 15) is 16.8 Å². The van der Waals surface area contributed by atoms with E-state index < -0.39 is 24.9 Å². The van der Waals surface area contributed by atoms with Crippen LogP contribution < -0.4 is 14.7 Å². The van der Waals surface area contributed by atoms with Crippen molar-refractivity contribution in [3.8, 4) is 11.5 Å². The molecular formula is C19H22ClN3O7S2. The van der Waals surface area contributed by atoms with Gasteiger partial charge in [0.25, 0.3) is 0 Å². The minimum Gasteiger partial charge on any atom is -0.493 e. The molecule has 3 rings (SSSR count). The van der Waals surface area contributed by atoms with Gasteiger partial charge in [0.15, 0.2) is 9.84 Å². The number of nitrogens with one attached hydrogen (secondary N) is 1. The largest absolute Gasteiger partial charge is 0.493 e. The maximum atomic E-state index is 12.8. The molecule has 32 heavy (non-hydrogen) atoms. The zero-order valence-corrected chi connectivity index (χ0v) is 19.4. The second-order valence-corrected chi connectivity index (χ2v) is 11.1. The number of guanidine groups is 1. The van der Waals surface area contributed by atoms with Crippen LogP contribution in [0.4, 0.5) is 0 Å². The van der Waals surface area contributed by atoms with Crippen LogP contribution in [0.15, 0.2) is 52.3 Å².